The summed E-state index contributed by atoms with van der Waals surface area (Å²) < 4.78 is 0. The third-order valence-electron chi connectivity index (χ3n) is 3.05. The normalized spacial score (nSPS) is 11.5. The highest BCUT2D eigenvalue weighted by molar-refractivity contribution is 5.78. The summed E-state index contributed by atoms with van der Waals surface area (Å²) >= 11 is 0. The van der Waals surface area contributed by atoms with Crippen LogP contribution in [0, 0.1) is 0 Å². The highest BCUT2D eigenvalue weighted by Crippen LogP contribution is 2.10. The van der Waals surface area contributed by atoms with Crippen LogP contribution >= 0.6 is 0 Å². The molecule has 0 aromatic rings. The summed E-state index contributed by atoms with van der Waals surface area (Å²) in [6.45, 7) is 4.16. The molecule has 0 saturated heterocycles. The number of nitrogens with one attached hydrogen (secondary N) is 1. The summed E-state index contributed by atoms with van der Waals surface area (Å²) in [4.78, 5) is 11.4. The second kappa shape index (κ2) is 14.9. The van der Waals surface area contributed by atoms with Gasteiger partial charge in [0.15, 0.2) is 0 Å². The molecule has 0 aliphatic carbocycles. The van der Waals surface area contributed by atoms with E-state index in [1.165, 1.54) is 44.9 Å². The zero-order valence-electron chi connectivity index (χ0n) is 12.7. The molecule has 0 aromatic heterocycles. The van der Waals surface area contributed by atoms with E-state index in [4.69, 9.17) is 0 Å². The fourth-order valence-electron chi connectivity index (χ4n) is 1.89. The summed E-state index contributed by atoms with van der Waals surface area (Å²) in [6, 6.07) is 0. The first-order valence-electron chi connectivity index (χ1n) is 7.74. The molecule has 110 valence electrons. The van der Waals surface area contributed by atoms with Gasteiger partial charge in [-0.05, 0) is 19.4 Å². The Morgan fingerprint density at radius 1 is 1.00 bits per heavy atom. The Labute approximate surface area is 118 Å². The van der Waals surface area contributed by atoms with Crippen molar-refractivity contribution in [2.75, 3.05) is 0 Å². The van der Waals surface area contributed by atoms with Gasteiger partial charge in [0.2, 0.25) is 5.91 Å². The zero-order chi connectivity index (χ0) is 14.2. The van der Waals surface area contributed by atoms with Crippen LogP contribution in [0.3, 0.4) is 0 Å². The number of rotatable bonds is 12. The Morgan fingerprint density at radius 3 is 2.16 bits per heavy atom. The molecular weight excluding hydrogens is 236 g/mol. The third-order valence-corrected chi connectivity index (χ3v) is 3.05. The molecule has 0 spiro atoms. The molecule has 0 heterocycles. The predicted molar refractivity (Wildman–Crippen MR) is 83.3 cm³/mol. The first-order valence-corrected chi connectivity index (χ1v) is 7.74. The average molecular weight is 266 g/mol. The van der Waals surface area contributed by atoms with E-state index in [0.29, 0.717) is 6.42 Å². The number of hydrazone groups is 1. The van der Waals surface area contributed by atoms with Crippen molar-refractivity contribution in [1.29, 1.82) is 0 Å². The first kappa shape index (κ1) is 17.9. The van der Waals surface area contributed by atoms with Crippen LogP contribution < -0.4 is 5.43 Å². The molecule has 0 unspecified atom stereocenters. The van der Waals surface area contributed by atoms with Gasteiger partial charge in [0.25, 0.3) is 0 Å². The highest BCUT2D eigenvalue weighted by atomic mass is 16.2. The summed E-state index contributed by atoms with van der Waals surface area (Å²) in [5.41, 5.74) is 2.52. The number of carbonyl (C=O) groups excluding carboxylic acids is 1. The van der Waals surface area contributed by atoms with Gasteiger partial charge in [-0.25, -0.2) is 5.43 Å². The predicted octanol–water partition coefficient (Wildman–Crippen LogP) is 4.59. The first-order chi connectivity index (χ1) is 9.31. The van der Waals surface area contributed by atoms with Crippen LogP contribution in [-0.4, -0.2) is 12.1 Å². The van der Waals surface area contributed by atoms with E-state index in [1.54, 1.807) is 12.3 Å². The minimum absolute atomic E-state index is 0.0173. The van der Waals surface area contributed by atoms with Crippen molar-refractivity contribution in [3.8, 4) is 0 Å². The van der Waals surface area contributed by atoms with E-state index in [9.17, 15) is 4.79 Å². The van der Waals surface area contributed by atoms with Crippen molar-refractivity contribution in [2.45, 2.75) is 78.1 Å². The van der Waals surface area contributed by atoms with Gasteiger partial charge in [-0.1, -0.05) is 64.4 Å². The molecule has 3 heteroatoms. The molecule has 0 fully saturated rings. The van der Waals surface area contributed by atoms with Crippen LogP contribution in [-0.2, 0) is 4.79 Å². The Bertz CT molecular complexity index is 259. The zero-order valence-corrected chi connectivity index (χ0v) is 12.7. The molecule has 0 aromatic carbocycles. The van der Waals surface area contributed by atoms with Crippen molar-refractivity contribution in [3.63, 3.8) is 0 Å². The summed E-state index contributed by atoms with van der Waals surface area (Å²) in [6.07, 6.45) is 17.3. The highest BCUT2D eigenvalue weighted by Gasteiger charge is 1.98. The molecular formula is C16H30N2O. The fraction of sp³-hybridized carbons (Fsp3) is 0.750. The Kier molecular flexibility index (Phi) is 14.1. The molecule has 0 bridgehead atoms. The second-order valence-electron chi connectivity index (χ2n) is 4.92. The van der Waals surface area contributed by atoms with Gasteiger partial charge in [-0.15, -0.1) is 0 Å². The maximum atomic E-state index is 11.4. The fourth-order valence-corrected chi connectivity index (χ4v) is 1.89. The molecule has 1 N–H and O–H groups in total. The molecule has 19 heavy (non-hydrogen) atoms. The number of carbonyl (C=O) groups is 1. The van der Waals surface area contributed by atoms with Gasteiger partial charge in [-0.2, -0.15) is 5.10 Å². The van der Waals surface area contributed by atoms with Crippen molar-refractivity contribution in [2.24, 2.45) is 5.10 Å². The SMILES string of the molecule is C/C=C\C=N\NC(=O)CCCCCCCCCCC. The maximum absolute atomic E-state index is 11.4. The van der Waals surface area contributed by atoms with Crippen molar-refractivity contribution in [1.82, 2.24) is 5.43 Å². The van der Waals surface area contributed by atoms with Gasteiger partial charge < -0.3 is 0 Å². The summed E-state index contributed by atoms with van der Waals surface area (Å²) in [5, 5.41) is 3.81. The summed E-state index contributed by atoms with van der Waals surface area (Å²) in [7, 11) is 0. The molecule has 3 nitrogen and oxygen atoms in total. The van der Waals surface area contributed by atoms with Crippen molar-refractivity contribution < 1.29 is 4.79 Å². The minimum Gasteiger partial charge on any atom is -0.273 e. The molecule has 1 amide bonds. The second-order valence-corrected chi connectivity index (χ2v) is 4.92. The molecule has 0 radical (unpaired) electrons. The molecule has 0 saturated carbocycles. The van der Waals surface area contributed by atoms with Gasteiger partial charge in [-0.3, -0.25) is 4.79 Å². The lowest BCUT2D eigenvalue weighted by atomic mass is 10.1. The van der Waals surface area contributed by atoms with Crippen LogP contribution in [0.25, 0.3) is 0 Å². The Hall–Kier alpha value is -1.12. The molecule has 0 aliphatic heterocycles. The van der Waals surface area contributed by atoms with Crippen LogP contribution in [0.4, 0.5) is 0 Å². The minimum atomic E-state index is 0.0173. The number of nitrogens with zero attached hydrogens (tertiary/aromatic N) is 1. The van der Waals surface area contributed by atoms with E-state index in [1.807, 2.05) is 13.0 Å². The van der Waals surface area contributed by atoms with Gasteiger partial charge >= 0.3 is 0 Å². The van der Waals surface area contributed by atoms with Gasteiger partial charge in [0, 0.05) is 12.6 Å². The lowest BCUT2D eigenvalue weighted by molar-refractivity contribution is -0.121. The van der Waals surface area contributed by atoms with E-state index in [-0.39, 0.29) is 5.91 Å². The van der Waals surface area contributed by atoms with Gasteiger partial charge in [0.1, 0.15) is 0 Å². The monoisotopic (exact) mass is 266 g/mol. The largest absolute Gasteiger partial charge is 0.273 e. The number of hydrogen-bond acceptors (Lipinski definition) is 2. The average Bonchev–Trinajstić information content (AvgIpc) is 2.42. The number of amides is 1. The smallest absolute Gasteiger partial charge is 0.240 e. The lowest BCUT2D eigenvalue weighted by Crippen LogP contribution is -2.16. The van der Waals surface area contributed by atoms with Gasteiger partial charge in [0.05, 0.1) is 0 Å². The lowest BCUT2D eigenvalue weighted by Gasteiger charge is -2.01. The van der Waals surface area contributed by atoms with E-state index >= 15 is 0 Å². The van der Waals surface area contributed by atoms with Crippen molar-refractivity contribution in [3.05, 3.63) is 12.2 Å². The van der Waals surface area contributed by atoms with Crippen LogP contribution in [0.1, 0.15) is 78.1 Å². The molecule has 0 aliphatic rings. The van der Waals surface area contributed by atoms with E-state index in [0.717, 1.165) is 12.8 Å². The maximum Gasteiger partial charge on any atom is 0.240 e. The van der Waals surface area contributed by atoms with Crippen molar-refractivity contribution >= 4 is 12.1 Å². The topological polar surface area (TPSA) is 41.5 Å². The number of allylic oxidation sites excluding steroid dienone is 2. The Morgan fingerprint density at radius 2 is 1.58 bits per heavy atom. The van der Waals surface area contributed by atoms with Crippen LogP contribution in [0.15, 0.2) is 17.3 Å². The van der Waals surface area contributed by atoms with E-state index in [2.05, 4.69) is 17.5 Å². The molecule has 0 rings (SSSR count). The standard InChI is InChI=1S/C16H30N2O/c1-3-5-7-8-9-10-11-12-13-14-16(19)18-17-15-6-4-2/h4,6,15H,3,5,7-14H2,1-2H3,(H,18,19)/b6-4-,17-15+. The van der Waals surface area contributed by atoms with Crippen LogP contribution in [0.5, 0.6) is 0 Å². The Balaban J connectivity index is 3.23. The number of hydrogen-bond donors (Lipinski definition) is 1. The van der Waals surface area contributed by atoms with Crippen LogP contribution in [0.2, 0.25) is 0 Å². The van der Waals surface area contributed by atoms with E-state index < -0.39 is 0 Å². The summed E-state index contributed by atoms with van der Waals surface area (Å²) in [5.74, 6) is 0.0173. The quantitative estimate of drug-likeness (QED) is 0.313. The molecule has 0 atom stereocenters. The number of unbranched alkanes of at least 4 members (excludes halogenated alkanes) is 8. The third kappa shape index (κ3) is 14.8.